The first-order chi connectivity index (χ1) is 15.3. The van der Waals surface area contributed by atoms with E-state index in [2.05, 4.69) is 13.8 Å². The smallest absolute Gasteiger partial charge is 0.0411 e. The molecule has 0 aromatic heterocycles. The van der Waals surface area contributed by atoms with Gasteiger partial charge >= 0.3 is 0 Å². The van der Waals surface area contributed by atoms with Gasteiger partial charge in [0.05, 0.1) is 0 Å². The average molecular weight is 431 g/mol. The van der Waals surface area contributed by atoms with Crippen molar-refractivity contribution in [3.8, 4) is 0 Å². The van der Waals surface area contributed by atoms with Crippen LogP contribution < -0.4 is 0 Å². The highest BCUT2D eigenvalue weighted by Crippen LogP contribution is 2.42. The van der Waals surface area contributed by atoms with Gasteiger partial charge in [-0.05, 0) is 48.3 Å². The minimum atomic E-state index is 1.09. The fourth-order valence-corrected chi connectivity index (χ4v) is 7.69. The van der Waals surface area contributed by atoms with Crippen molar-refractivity contribution in [2.75, 3.05) is 0 Å². The normalized spacial score (nSPS) is 34.6. The molecule has 0 atom stereocenters. The Morgan fingerprint density at radius 2 is 0.677 bits per heavy atom. The molecule has 0 spiro atoms. The van der Waals surface area contributed by atoms with Gasteiger partial charge < -0.3 is 0 Å². The van der Waals surface area contributed by atoms with Gasteiger partial charge in [-0.1, -0.05) is 149 Å². The van der Waals surface area contributed by atoms with Gasteiger partial charge in [0.1, 0.15) is 0 Å². The topological polar surface area (TPSA) is 0 Å². The van der Waals surface area contributed by atoms with Crippen LogP contribution >= 0.6 is 0 Å². The Balaban J connectivity index is 1.21. The zero-order chi connectivity index (χ0) is 21.7. The molecule has 0 bridgehead atoms. The van der Waals surface area contributed by atoms with Crippen LogP contribution in [-0.2, 0) is 0 Å². The summed E-state index contributed by atoms with van der Waals surface area (Å²) in [6.45, 7) is 4.68. The van der Waals surface area contributed by atoms with E-state index >= 15 is 0 Å². The molecule has 0 saturated heterocycles. The summed E-state index contributed by atoms with van der Waals surface area (Å²) in [6, 6.07) is 0. The first-order valence-corrected chi connectivity index (χ1v) is 15.3. The van der Waals surface area contributed by atoms with E-state index in [-0.39, 0.29) is 0 Å². The standard InChI is InChI=1S/C31H58/c1-3-5-7-8-9-11-27-14-18-29(19-15-27)25-31-22-20-30(21-23-31)24-28-16-12-26(13-17-28)10-6-4-2/h26-31H,3-25H2,1-2H3/t26?,27?,28?,29?,30-,31-. The van der Waals surface area contributed by atoms with E-state index in [0.717, 1.165) is 35.5 Å². The summed E-state index contributed by atoms with van der Waals surface area (Å²) in [5.74, 6) is 6.55. The molecule has 0 heterocycles. The summed E-state index contributed by atoms with van der Waals surface area (Å²) in [5.41, 5.74) is 0. The van der Waals surface area contributed by atoms with E-state index in [1.165, 1.54) is 51.4 Å². The second-order valence-electron chi connectivity index (χ2n) is 12.5. The maximum Gasteiger partial charge on any atom is -0.0411 e. The van der Waals surface area contributed by atoms with Crippen molar-refractivity contribution in [2.24, 2.45) is 35.5 Å². The van der Waals surface area contributed by atoms with Gasteiger partial charge in [-0.15, -0.1) is 0 Å². The molecule has 0 heteroatoms. The lowest BCUT2D eigenvalue weighted by atomic mass is 9.70. The zero-order valence-corrected chi connectivity index (χ0v) is 21.7. The SMILES string of the molecule is CCCCCCCC1CCC(C[C@H]2CC[C@H](CC3CCC(CCCC)CC3)CC2)CC1. The Morgan fingerprint density at radius 3 is 1.06 bits per heavy atom. The van der Waals surface area contributed by atoms with Gasteiger partial charge in [0, 0.05) is 0 Å². The van der Waals surface area contributed by atoms with Crippen LogP contribution in [-0.4, -0.2) is 0 Å². The van der Waals surface area contributed by atoms with E-state index in [0.29, 0.717) is 0 Å². The first-order valence-electron chi connectivity index (χ1n) is 15.3. The van der Waals surface area contributed by atoms with Crippen LogP contribution in [0.4, 0.5) is 0 Å². The number of rotatable bonds is 13. The molecule has 0 aromatic carbocycles. The molecular weight excluding hydrogens is 372 g/mol. The molecule has 0 radical (unpaired) electrons. The predicted octanol–water partition coefficient (Wildman–Crippen LogP) is 10.7. The van der Waals surface area contributed by atoms with E-state index in [1.54, 1.807) is 96.3 Å². The summed E-state index contributed by atoms with van der Waals surface area (Å²) in [6.07, 6.45) is 35.3. The lowest BCUT2D eigenvalue weighted by Gasteiger charge is -2.36. The number of hydrogen-bond donors (Lipinski definition) is 0. The molecule has 3 saturated carbocycles. The lowest BCUT2D eigenvalue weighted by Crippen LogP contribution is -2.23. The van der Waals surface area contributed by atoms with E-state index in [4.69, 9.17) is 0 Å². The maximum atomic E-state index is 2.35. The summed E-state index contributed by atoms with van der Waals surface area (Å²) in [4.78, 5) is 0. The van der Waals surface area contributed by atoms with Gasteiger partial charge in [0.2, 0.25) is 0 Å². The molecule has 0 aliphatic heterocycles. The molecular formula is C31H58. The van der Waals surface area contributed by atoms with Gasteiger partial charge in [-0.3, -0.25) is 0 Å². The average Bonchev–Trinajstić information content (AvgIpc) is 2.81. The summed E-state index contributed by atoms with van der Waals surface area (Å²) >= 11 is 0. The van der Waals surface area contributed by atoms with Crippen molar-refractivity contribution >= 4 is 0 Å². The third kappa shape index (κ3) is 9.80. The van der Waals surface area contributed by atoms with Gasteiger partial charge in [0.25, 0.3) is 0 Å². The molecule has 31 heavy (non-hydrogen) atoms. The van der Waals surface area contributed by atoms with Crippen molar-refractivity contribution < 1.29 is 0 Å². The Kier molecular flexibility index (Phi) is 12.4. The van der Waals surface area contributed by atoms with Crippen molar-refractivity contribution in [2.45, 2.75) is 162 Å². The van der Waals surface area contributed by atoms with Crippen molar-refractivity contribution in [3.05, 3.63) is 0 Å². The first kappa shape index (κ1) is 25.6. The minimum Gasteiger partial charge on any atom is -0.0654 e. The zero-order valence-electron chi connectivity index (χ0n) is 21.7. The van der Waals surface area contributed by atoms with Crippen LogP contribution in [0.25, 0.3) is 0 Å². The van der Waals surface area contributed by atoms with Crippen LogP contribution in [0.1, 0.15) is 162 Å². The number of unbranched alkanes of at least 4 members (excludes halogenated alkanes) is 5. The van der Waals surface area contributed by atoms with E-state index in [1.807, 2.05) is 0 Å². The Labute approximate surface area is 197 Å². The van der Waals surface area contributed by atoms with Crippen LogP contribution in [0.3, 0.4) is 0 Å². The van der Waals surface area contributed by atoms with E-state index < -0.39 is 0 Å². The molecule has 0 amide bonds. The van der Waals surface area contributed by atoms with Crippen LogP contribution in [0.5, 0.6) is 0 Å². The lowest BCUT2D eigenvalue weighted by molar-refractivity contribution is 0.161. The molecule has 3 rings (SSSR count). The Hall–Kier alpha value is 0. The largest absolute Gasteiger partial charge is 0.0654 e. The summed E-state index contributed by atoms with van der Waals surface area (Å²) in [5, 5.41) is 0. The maximum absolute atomic E-state index is 2.35. The van der Waals surface area contributed by atoms with Crippen LogP contribution in [0.15, 0.2) is 0 Å². The van der Waals surface area contributed by atoms with Crippen molar-refractivity contribution in [3.63, 3.8) is 0 Å². The predicted molar refractivity (Wildman–Crippen MR) is 138 cm³/mol. The van der Waals surface area contributed by atoms with Gasteiger partial charge in [-0.2, -0.15) is 0 Å². The highest BCUT2D eigenvalue weighted by molar-refractivity contribution is 4.81. The molecule has 0 nitrogen and oxygen atoms in total. The third-order valence-corrected chi connectivity index (χ3v) is 9.91. The van der Waals surface area contributed by atoms with Gasteiger partial charge in [-0.25, -0.2) is 0 Å². The molecule has 3 fully saturated rings. The molecule has 3 aliphatic carbocycles. The number of hydrogen-bond acceptors (Lipinski definition) is 0. The fourth-order valence-electron chi connectivity index (χ4n) is 7.69. The fraction of sp³-hybridized carbons (Fsp3) is 1.00. The van der Waals surface area contributed by atoms with Crippen LogP contribution in [0, 0.1) is 35.5 Å². The highest BCUT2D eigenvalue weighted by Gasteiger charge is 2.29. The molecule has 0 aromatic rings. The third-order valence-electron chi connectivity index (χ3n) is 9.91. The molecule has 0 unspecified atom stereocenters. The Morgan fingerprint density at radius 1 is 0.355 bits per heavy atom. The van der Waals surface area contributed by atoms with Gasteiger partial charge in [0.15, 0.2) is 0 Å². The van der Waals surface area contributed by atoms with E-state index in [9.17, 15) is 0 Å². The molecule has 182 valence electrons. The second kappa shape index (κ2) is 15.0. The highest BCUT2D eigenvalue weighted by atomic mass is 14.3. The summed E-state index contributed by atoms with van der Waals surface area (Å²) in [7, 11) is 0. The monoisotopic (exact) mass is 430 g/mol. The Bertz CT molecular complexity index is 415. The van der Waals surface area contributed by atoms with Crippen molar-refractivity contribution in [1.82, 2.24) is 0 Å². The minimum absolute atomic E-state index is 1.09. The quantitative estimate of drug-likeness (QED) is 0.255. The van der Waals surface area contributed by atoms with Crippen LogP contribution in [0.2, 0.25) is 0 Å². The molecule has 0 N–H and O–H groups in total. The molecule has 3 aliphatic rings. The second-order valence-corrected chi connectivity index (χ2v) is 12.5. The summed E-state index contributed by atoms with van der Waals surface area (Å²) < 4.78 is 0. The van der Waals surface area contributed by atoms with Crippen molar-refractivity contribution in [1.29, 1.82) is 0 Å².